The Morgan fingerprint density at radius 3 is 2.58 bits per heavy atom. The minimum atomic E-state index is -2.86. The highest BCUT2D eigenvalue weighted by Gasteiger charge is 2.21. The monoisotopic (exact) mass is 587 g/mol. The SMILES string of the molecule is CCC.Cc1cnn(-c2cc(-c3cc(C(F)F)ncc3Cl)c(C(=O)NCS/C(C#CC3CC3)=N\N)cn2)c(=O)c1. The molecule has 0 spiro atoms. The number of hydrogen-bond donors (Lipinski definition) is 2. The zero-order valence-corrected chi connectivity index (χ0v) is 23.7. The Kier molecular flexibility index (Phi) is 11.2. The average Bonchev–Trinajstić information content (AvgIpc) is 3.75. The van der Waals surface area contributed by atoms with Crippen molar-refractivity contribution in [3.63, 3.8) is 0 Å². The number of thioether (sulfide) groups is 1. The van der Waals surface area contributed by atoms with Crippen LogP contribution in [0.2, 0.25) is 5.02 Å². The number of rotatable bonds is 6. The second-order valence-corrected chi connectivity index (χ2v) is 10.1. The number of nitrogens with one attached hydrogen (secondary N) is 1. The van der Waals surface area contributed by atoms with Crippen molar-refractivity contribution in [1.29, 1.82) is 0 Å². The first kappa shape index (κ1) is 30.7. The number of amides is 1. The Hall–Kier alpha value is -3.82. The van der Waals surface area contributed by atoms with Gasteiger partial charge in [-0.3, -0.25) is 14.6 Å². The van der Waals surface area contributed by atoms with Gasteiger partial charge >= 0.3 is 0 Å². The molecule has 3 N–H and O–H groups in total. The van der Waals surface area contributed by atoms with E-state index < -0.39 is 23.6 Å². The Morgan fingerprint density at radius 1 is 1.23 bits per heavy atom. The molecule has 0 radical (unpaired) electrons. The number of hydrogen-bond acceptors (Lipinski definition) is 8. The molecule has 0 aliphatic heterocycles. The van der Waals surface area contributed by atoms with Crippen molar-refractivity contribution in [3.05, 3.63) is 69.0 Å². The number of carbonyl (C=O) groups excluding carboxylic acids is 1. The molecule has 13 heteroatoms. The largest absolute Gasteiger partial charge is 0.343 e. The highest BCUT2D eigenvalue weighted by Crippen LogP contribution is 2.33. The van der Waals surface area contributed by atoms with Crippen LogP contribution in [0.1, 0.15) is 61.2 Å². The van der Waals surface area contributed by atoms with E-state index in [2.05, 4.69) is 51.2 Å². The lowest BCUT2D eigenvalue weighted by Gasteiger charge is -2.14. The lowest BCUT2D eigenvalue weighted by atomic mass is 10.0. The van der Waals surface area contributed by atoms with Crippen molar-refractivity contribution in [3.8, 4) is 28.8 Å². The summed E-state index contributed by atoms with van der Waals surface area (Å²) in [6.07, 6.45) is 4.26. The first-order valence-electron chi connectivity index (χ1n) is 12.4. The molecule has 4 rings (SSSR count). The van der Waals surface area contributed by atoms with Crippen molar-refractivity contribution in [2.45, 2.75) is 46.5 Å². The third kappa shape index (κ3) is 8.34. The van der Waals surface area contributed by atoms with Crippen LogP contribution in [0, 0.1) is 24.7 Å². The zero-order chi connectivity index (χ0) is 29.2. The average molecular weight is 588 g/mol. The predicted molar refractivity (Wildman–Crippen MR) is 154 cm³/mol. The molecule has 1 aliphatic rings. The van der Waals surface area contributed by atoms with Crippen LogP contribution in [0.3, 0.4) is 0 Å². The Morgan fingerprint density at radius 2 is 1.95 bits per heavy atom. The van der Waals surface area contributed by atoms with Gasteiger partial charge in [0.05, 0.1) is 22.7 Å². The molecule has 3 heterocycles. The number of aromatic nitrogens is 4. The second kappa shape index (κ2) is 14.5. The fraction of sp³-hybridized carbons (Fsp3) is 0.333. The molecule has 1 aliphatic carbocycles. The Labute approximate surface area is 239 Å². The zero-order valence-electron chi connectivity index (χ0n) is 22.1. The molecule has 0 saturated heterocycles. The summed E-state index contributed by atoms with van der Waals surface area (Å²) in [6.45, 7) is 5.96. The molecule has 1 amide bonds. The topological polar surface area (TPSA) is 128 Å². The van der Waals surface area contributed by atoms with Gasteiger partial charge in [-0.25, -0.2) is 13.8 Å². The second-order valence-electron chi connectivity index (χ2n) is 8.74. The number of nitrogens with zero attached hydrogens (tertiary/aromatic N) is 5. The summed E-state index contributed by atoms with van der Waals surface area (Å²) in [4.78, 5) is 33.4. The molecule has 1 saturated carbocycles. The molecule has 3 aromatic heterocycles. The lowest BCUT2D eigenvalue weighted by Crippen LogP contribution is -2.25. The molecule has 0 bridgehead atoms. The van der Waals surface area contributed by atoms with E-state index in [0.717, 1.165) is 41.5 Å². The van der Waals surface area contributed by atoms with E-state index in [4.69, 9.17) is 17.4 Å². The van der Waals surface area contributed by atoms with Gasteiger partial charge in [-0.2, -0.15) is 14.9 Å². The summed E-state index contributed by atoms with van der Waals surface area (Å²) in [5.41, 5.74) is -0.0140. The lowest BCUT2D eigenvalue weighted by molar-refractivity contribution is 0.0961. The Balaban J connectivity index is 0.00000141. The maximum absolute atomic E-state index is 13.4. The summed E-state index contributed by atoms with van der Waals surface area (Å²) >= 11 is 7.44. The number of carbonyl (C=O) groups is 1. The molecular weight excluding hydrogens is 560 g/mol. The number of alkyl halides is 2. The fourth-order valence-corrected chi connectivity index (χ4v) is 3.93. The third-order valence-electron chi connectivity index (χ3n) is 5.20. The number of nitrogens with two attached hydrogens (primary N) is 1. The molecule has 0 atom stereocenters. The summed E-state index contributed by atoms with van der Waals surface area (Å²) in [5, 5.41) is 10.8. The quantitative estimate of drug-likeness (QED) is 0.102. The summed E-state index contributed by atoms with van der Waals surface area (Å²) in [6, 6.07) is 3.84. The van der Waals surface area contributed by atoms with E-state index >= 15 is 0 Å². The van der Waals surface area contributed by atoms with Gasteiger partial charge < -0.3 is 11.2 Å². The van der Waals surface area contributed by atoms with Gasteiger partial charge in [0.2, 0.25) is 0 Å². The molecule has 9 nitrogen and oxygen atoms in total. The number of halogens is 3. The molecule has 1 fully saturated rings. The molecule has 40 heavy (non-hydrogen) atoms. The maximum Gasteiger partial charge on any atom is 0.280 e. The normalized spacial score (nSPS) is 12.7. The van der Waals surface area contributed by atoms with E-state index in [9.17, 15) is 18.4 Å². The van der Waals surface area contributed by atoms with Gasteiger partial charge in [0, 0.05) is 35.5 Å². The molecule has 210 valence electrons. The van der Waals surface area contributed by atoms with Gasteiger partial charge in [0.1, 0.15) is 5.69 Å². The third-order valence-corrected chi connectivity index (χ3v) is 6.27. The molecule has 0 unspecified atom stereocenters. The van der Waals surface area contributed by atoms with Crippen LogP contribution in [0.25, 0.3) is 16.9 Å². The van der Waals surface area contributed by atoms with Gasteiger partial charge in [-0.15, -0.1) is 0 Å². The van der Waals surface area contributed by atoms with Crippen LogP contribution < -0.4 is 16.7 Å². The van der Waals surface area contributed by atoms with Crippen molar-refractivity contribution < 1.29 is 13.6 Å². The number of pyridine rings is 2. The van der Waals surface area contributed by atoms with Crippen LogP contribution in [0.15, 0.2) is 46.7 Å². The molecular formula is C27H28ClF2N7O2S. The highest BCUT2D eigenvalue weighted by atomic mass is 35.5. The standard InChI is InChI=1S/C24H20ClF2N7O2S.C3H8/c1-13-6-22(35)34(32-9-13)20-8-15(16-7-19(23(26)27)29-11-18(16)25)17(10-30-20)24(36)31-12-37-21(33-28)5-4-14-2-3-14;1-3-2/h6-11,14,23H,2-3,12,28H2,1H3,(H,31,36);3H2,1-2H3/b33-21-;. The predicted octanol–water partition coefficient (Wildman–Crippen LogP) is 5.11. The minimum Gasteiger partial charge on any atom is -0.343 e. The smallest absolute Gasteiger partial charge is 0.280 e. The first-order valence-corrected chi connectivity index (χ1v) is 13.8. The van der Waals surface area contributed by atoms with Crippen molar-refractivity contribution >= 4 is 34.3 Å². The fourth-order valence-electron chi connectivity index (χ4n) is 3.18. The van der Waals surface area contributed by atoms with Crippen molar-refractivity contribution in [2.75, 3.05) is 5.88 Å². The number of aryl methyl sites for hydroxylation is 1. The van der Waals surface area contributed by atoms with Crippen LogP contribution >= 0.6 is 23.4 Å². The molecule has 3 aromatic rings. The maximum atomic E-state index is 13.4. The summed E-state index contributed by atoms with van der Waals surface area (Å²) in [7, 11) is 0. The summed E-state index contributed by atoms with van der Waals surface area (Å²) in [5.74, 6) is 11.3. The summed E-state index contributed by atoms with van der Waals surface area (Å²) < 4.78 is 27.8. The van der Waals surface area contributed by atoms with Gasteiger partial charge in [0.15, 0.2) is 10.9 Å². The highest BCUT2D eigenvalue weighted by molar-refractivity contribution is 8.14. The van der Waals surface area contributed by atoms with E-state index in [1.807, 2.05) is 0 Å². The van der Waals surface area contributed by atoms with Crippen molar-refractivity contribution in [1.82, 2.24) is 25.1 Å². The van der Waals surface area contributed by atoms with Crippen LogP contribution in [-0.4, -0.2) is 36.6 Å². The van der Waals surface area contributed by atoms with Gasteiger partial charge in [-0.1, -0.05) is 49.6 Å². The number of hydrazone groups is 1. The van der Waals surface area contributed by atoms with E-state index in [1.165, 1.54) is 30.9 Å². The minimum absolute atomic E-state index is 0.0297. The van der Waals surface area contributed by atoms with E-state index in [0.29, 0.717) is 16.5 Å². The molecule has 0 aromatic carbocycles. The van der Waals surface area contributed by atoms with Crippen LogP contribution in [0.5, 0.6) is 0 Å². The van der Waals surface area contributed by atoms with Crippen LogP contribution in [0.4, 0.5) is 8.78 Å². The van der Waals surface area contributed by atoms with Gasteiger partial charge in [-0.05, 0) is 43.4 Å². The first-order chi connectivity index (χ1) is 19.2. The Bertz CT molecular complexity index is 1510. The van der Waals surface area contributed by atoms with E-state index in [-0.39, 0.29) is 33.4 Å². The van der Waals surface area contributed by atoms with Crippen LogP contribution in [-0.2, 0) is 0 Å². The van der Waals surface area contributed by atoms with E-state index in [1.54, 1.807) is 6.92 Å². The van der Waals surface area contributed by atoms with Gasteiger partial charge in [0.25, 0.3) is 17.9 Å². The van der Waals surface area contributed by atoms with Crippen molar-refractivity contribution in [2.24, 2.45) is 16.9 Å².